The predicted octanol–water partition coefficient (Wildman–Crippen LogP) is 1.97. The van der Waals surface area contributed by atoms with Crippen LogP contribution >= 0.6 is 0 Å². The van der Waals surface area contributed by atoms with Crippen molar-refractivity contribution in [3.05, 3.63) is 54.5 Å². The molecule has 0 saturated carbocycles. The van der Waals surface area contributed by atoms with Crippen molar-refractivity contribution in [2.75, 3.05) is 0 Å². The maximum Gasteiger partial charge on any atom is 0.240 e. The number of aromatic nitrogens is 3. The Morgan fingerprint density at radius 2 is 2.18 bits per heavy atom. The molecular weight excluding hydrogens is 276 g/mol. The summed E-state index contributed by atoms with van der Waals surface area (Å²) in [6.45, 7) is 1.24. The molecule has 112 valence electrons. The third-order valence-electron chi connectivity index (χ3n) is 4.31. The molecule has 2 aromatic heterocycles. The van der Waals surface area contributed by atoms with E-state index in [0.29, 0.717) is 6.54 Å². The van der Waals surface area contributed by atoms with E-state index in [0.717, 1.165) is 30.3 Å². The summed E-state index contributed by atoms with van der Waals surface area (Å²) >= 11 is 0. The number of benzene rings is 1. The van der Waals surface area contributed by atoms with E-state index in [4.69, 9.17) is 0 Å². The van der Waals surface area contributed by atoms with Crippen molar-refractivity contribution in [2.24, 2.45) is 0 Å². The van der Waals surface area contributed by atoms with Crippen LogP contribution in [0.3, 0.4) is 0 Å². The van der Waals surface area contributed by atoms with Crippen LogP contribution in [0, 0.1) is 0 Å². The van der Waals surface area contributed by atoms with Crippen LogP contribution in [0.1, 0.15) is 12.1 Å². The zero-order valence-corrected chi connectivity index (χ0v) is 12.3. The van der Waals surface area contributed by atoms with E-state index in [-0.39, 0.29) is 11.9 Å². The van der Waals surface area contributed by atoms with Gasteiger partial charge >= 0.3 is 0 Å². The predicted molar refractivity (Wildman–Crippen MR) is 84.4 cm³/mol. The van der Waals surface area contributed by atoms with E-state index in [2.05, 4.69) is 16.5 Å². The maximum atomic E-state index is 12.3. The molecule has 1 N–H and O–H groups in total. The molecule has 1 aromatic carbocycles. The van der Waals surface area contributed by atoms with Gasteiger partial charge in [0.25, 0.3) is 0 Å². The quantitative estimate of drug-likeness (QED) is 0.803. The second-order valence-electron chi connectivity index (χ2n) is 5.81. The molecule has 0 fully saturated rings. The summed E-state index contributed by atoms with van der Waals surface area (Å²) in [5.74, 6) is 0.0688. The van der Waals surface area contributed by atoms with Crippen LogP contribution in [0.5, 0.6) is 0 Å². The first-order valence-electron chi connectivity index (χ1n) is 7.63. The fourth-order valence-electron chi connectivity index (χ4n) is 3.20. The highest BCUT2D eigenvalue weighted by Gasteiger charge is 2.20. The summed E-state index contributed by atoms with van der Waals surface area (Å²) in [7, 11) is 0. The second kappa shape index (κ2) is 5.33. The molecule has 0 radical (unpaired) electrons. The lowest BCUT2D eigenvalue weighted by Crippen LogP contribution is -2.41. The maximum absolute atomic E-state index is 12.3. The van der Waals surface area contributed by atoms with E-state index in [1.54, 1.807) is 0 Å². The highest BCUT2D eigenvalue weighted by Crippen LogP contribution is 2.16. The topological polar surface area (TPSA) is 51.9 Å². The van der Waals surface area contributed by atoms with Crippen molar-refractivity contribution >= 4 is 16.8 Å². The van der Waals surface area contributed by atoms with Crippen LogP contribution in [-0.4, -0.2) is 26.3 Å². The van der Waals surface area contributed by atoms with Gasteiger partial charge < -0.3 is 9.88 Å². The molecule has 4 rings (SSSR count). The number of amides is 1. The van der Waals surface area contributed by atoms with Gasteiger partial charge in [0.2, 0.25) is 5.91 Å². The molecule has 0 saturated heterocycles. The van der Waals surface area contributed by atoms with Crippen LogP contribution in [0.15, 0.2) is 48.8 Å². The molecule has 22 heavy (non-hydrogen) atoms. The number of rotatable bonds is 3. The van der Waals surface area contributed by atoms with E-state index in [1.165, 1.54) is 5.69 Å². The summed E-state index contributed by atoms with van der Waals surface area (Å²) < 4.78 is 4.01. The van der Waals surface area contributed by atoms with Crippen LogP contribution in [-0.2, 0) is 24.3 Å². The smallest absolute Gasteiger partial charge is 0.240 e. The lowest BCUT2D eigenvalue weighted by atomic mass is 10.0. The molecular formula is C17H18N4O. The molecule has 5 nitrogen and oxygen atoms in total. The monoisotopic (exact) mass is 294 g/mol. The molecule has 3 aromatic rings. The Hall–Kier alpha value is -2.56. The minimum Gasteiger partial charge on any atom is -0.351 e. The average molecular weight is 294 g/mol. The number of fused-ring (bicyclic) bond motifs is 2. The molecule has 5 heteroatoms. The van der Waals surface area contributed by atoms with Crippen molar-refractivity contribution < 1.29 is 4.79 Å². The second-order valence-corrected chi connectivity index (χ2v) is 5.81. The van der Waals surface area contributed by atoms with Gasteiger partial charge in [-0.2, -0.15) is 5.10 Å². The standard InChI is InChI=1S/C17H18N4O/c22-17(12-20-9-6-13-3-1-2-4-16(13)20)19-14-7-10-21-15(11-14)5-8-18-21/h1-6,8-9,14H,7,10-12H2,(H,19,22)/t14-/m1/s1. The van der Waals surface area contributed by atoms with Gasteiger partial charge in [-0.05, 0) is 30.0 Å². The van der Waals surface area contributed by atoms with Gasteiger partial charge in [-0.1, -0.05) is 18.2 Å². The van der Waals surface area contributed by atoms with Crippen molar-refractivity contribution in [1.82, 2.24) is 19.7 Å². The van der Waals surface area contributed by atoms with Crippen molar-refractivity contribution in [2.45, 2.75) is 32.0 Å². The Labute approximate surface area is 128 Å². The molecule has 0 spiro atoms. The van der Waals surface area contributed by atoms with Gasteiger partial charge in [0.1, 0.15) is 6.54 Å². The van der Waals surface area contributed by atoms with Crippen LogP contribution in [0.25, 0.3) is 10.9 Å². The zero-order chi connectivity index (χ0) is 14.9. The normalized spacial score (nSPS) is 17.4. The highest BCUT2D eigenvalue weighted by molar-refractivity contribution is 5.83. The number of nitrogens with one attached hydrogen (secondary N) is 1. The summed E-state index contributed by atoms with van der Waals surface area (Å²) in [5.41, 5.74) is 2.29. The van der Waals surface area contributed by atoms with E-state index >= 15 is 0 Å². The largest absolute Gasteiger partial charge is 0.351 e. The Kier molecular flexibility index (Phi) is 3.18. The van der Waals surface area contributed by atoms with Crippen LogP contribution in [0.2, 0.25) is 0 Å². The van der Waals surface area contributed by atoms with E-state index in [1.807, 2.05) is 52.0 Å². The van der Waals surface area contributed by atoms with Gasteiger partial charge in [0.15, 0.2) is 0 Å². The molecule has 0 bridgehead atoms. The van der Waals surface area contributed by atoms with Crippen LogP contribution < -0.4 is 5.32 Å². The van der Waals surface area contributed by atoms with E-state index < -0.39 is 0 Å². The summed E-state index contributed by atoms with van der Waals surface area (Å²) in [5, 5.41) is 8.58. The van der Waals surface area contributed by atoms with Crippen molar-refractivity contribution in [1.29, 1.82) is 0 Å². The fourth-order valence-corrected chi connectivity index (χ4v) is 3.20. The Balaban J connectivity index is 1.43. The molecule has 1 atom stereocenters. The Morgan fingerprint density at radius 3 is 3.14 bits per heavy atom. The highest BCUT2D eigenvalue weighted by atomic mass is 16.2. The number of aryl methyl sites for hydroxylation is 1. The zero-order valence-electron chi connectivity index (χ0n) is 12.3. The summed E-state index contributed by atoms with van der Waals surface area (Å²) in [6.07, 6.45) is 5.59. The molecule has 3 heterocycles. The first-order chi connectivity index (χ1) is 10.8. The summed E-state index contributed by atoms with van der Waals surface area (Å²) in [6, 6.07) is 12.4. The third-order valence-corrected chi connectivity index (χ3v) is 4.31. The number of nitrogens with zero attached hydrogens (tertiary/aromatic N) is 3. The number of para-hydroxylation sites is 1. The molecule has 0 aliphatic carbocycles. The van der Waals surface area contributed by atoms with Crippen LogP contribution in [0.4, 0.5) is 0 Å². The summed E-state index contributed by atoms with van der Waals surface area (Å²) in [4.78, 5) is 12.3. The molecule has 1 aliphatic heterocycles. The molecule has 1 aliphatic rings. The van der Waals surface area contributed by atoms with Gasteiger partial charge in [0.05, 0.1) is 0 Å². The lowest BCUT2D eigenvalue weighted by molar-refractivity contribution is -0.122. The number of carbonyl (C=O) groups excluding carboxylic acids is 1. The van der Waals surface area contributed by atoms with Crippen molar-refractivity contribution in [3.63, 3.8) is 0 Å². The van der Waals surface area contributed by atoms with Crippen molar-refractivity contribution in [3.8, 4) is 0 Å². The minimum atomic E-state index is 0.0688. The number of carbonyl (C=O) groups is 1. The minimum absolute atomic E-state index is 0.0688. The molecule has 1 amide bonds. The Bertz CT molecular complexity index is 817. The molecule has 0 unspecified atom stereocenters. The lowest BCUT2D eigenvalue weighted by Gasteiger charge is -2.24. The van der Waals surface area contributed by atoms with E-state index in [9.17, 15) is 4.79 Å². The van der Waals surface area contributed by atoms with Gasteiger partial charge in [-0.3, -0.25) is 9.48 Å². The first-order valence-corrected chi connectivity index (χ1v) is 7.63. The fraction of sp³-hybridized carbons (Fsp3) is 0.294. The van der Waals surface area contributed by atoms with Gasteiger partial charge in [0, 0.05) is 42.6 Å². The third kappa shape index (κ3) is 2.39. The van der Waals surface area contributed by atoms with Gasteiger partial charge in [-0.15, -0.1) is 0 Å². The average Bonchev–Trinajstić information content (AvgIpc) is 3.14. The number of hydrogen-bond donors (Lipinski definition) is 1. The number of hydrogen-bond acceptors (Lipinski definition) is 2. The van der Waals surface area contributed by atoms with Gasteiger partial charge in [-0.25, -0.2) is 0 Å². The first kappa shape index (κ1) is 13.1. The SMILES string of the molecule is O=C(Cn1ccc2ccccc21)N[C@@H]1CCn2nccc2C1. The Morgan fingerprint density at radius 1 is 1.27 bits per heavy atom.